The van der Waals surface area contributed by atoms with Gasteiger partial charge in [-0.05, 0) is 48.0 Å². The van der Waals surface area contributed by atoms with Gasteiger partial charge in [-0.3, -0.25) is 4.79 Å². The van der Waals surface area contributed by atoms with E-state index in [1.165, 1.54) is 12.8 Å². The van der Waals surface area contributed by atoms with Crippen molar-refractivity contribution in [3.05, 3.63) is 0 Å². The smallest absolute Gasteiger partial charge is 0.230 e. The summed E-state index contributed by atoms with van der Waals surface area (Å²) in [7, 11) is 0. The Balaban J connectivity index is 4.87. The van der Waals surface area contributed by atoms with E-state index in [0.717, 1.165) is 13.0 Å². The van der Waals surface area contributed by atoms with Crippen molar-refractivity contribution in [2.24, 2.45) is 11.1 Å². The number of hydrogen-bond donors (Lipinski definition) is 1. The Kier molecular flexibility index (Phi) is 6.35. The highest BCUT2D eigenvalue weighted by Crippen LogP contribution is 2.31. The van der Waals surface area contributed by atoms with E-state index in [4.69, 9.17) is 5.73 Å². The Labute approximate surface area is 113 Å². The van der Waals surface area contributed by atoms with Crippen LogP contribution in [0.5, 0.6) is 0 Å². The predicted octanol–water partition coefficient (Wildman–Crippen LogP) is 3.18. The van der Waals surface area contributed by atoms with Crippen LogP contribution < -0.4 is 5.73 Å². The van der Waals surface area contributed by atoms with Gasteiger partial charge in [-0.15, -0.1) is 0 Å². The minimum absolute atomic E-state index is 0.168. The van der Waals surface area contributed by atoms with Crippen LogP contribution in [-0.2, 0) is 4.79 Å². The summed E-state index contributed by atoms with van der Waals surface area (Å²) in [6.45, 7) is 14.9. The van der Waals surface area contributed by atoms with Crippen molar-refractivity contribution in [1.29, 1.82) is 0 Å². The van der Waals surface area contributed by atoms with Crippen molar-refractivity contribution >= 4 is 5.91 Å². The lowest BCUT2D eigenvalue weighted by atomic mass is 9.74. The Hall–Kier alpha value is -0.570. The van der Waals surface area contributed by atoms with Gasteiger partial charge in [0.1, 0.15) is 0 Å². The van der Waals surface area contributed by atoms with E-state index in [9.17, 15) is 4.79 Å². The van der Waals surface area contributed by atoms with E-state index < -0.39 is 11.0 Å². The van der Waals surface area contributed by atoms with Gasteiger partial charge in [-0.2, -0.15) is 0 Å². The minimum atomic E-state index is -0.538. The maximum absolute atomic E-state index is 12.7. The lowest BCUT2D eigenvalue weighted by Gasteiger charge is -2.42. The van der Waals surface area contributed by atoms with Crippen molar-refractivity contribution < 1.29 is 4.79 Å². The van der Waals surface area contributed by atoms with Gasteiger partial charge in [0.05, 0.1) is 5.41 Å². The first-order valence-corrected chi connectivity index (χ1v) is 7.15. The van der Waals surface area contributed by atoms with Crippen LogP contribution in [-0.4, -0.2) is 28.9 Å². The van der Waals surface area contributed by atoms with Crippen LogP contribution in [0.15, 0.2) is 0 Å². The molecule has 0 aromatic carbocycles. The van der Waals surface area contributed by atoms with Crippen LogP contribution in [0.25, 0.3) is 0 Å². The summed E-state index contributed by atoms with van der Waals surface area (Å²) in [5.74, 6) is 0.168. The van der Waals surface area contributed by atoms with Gasteiger partial charge in [-0.1, -0.05) is 19.8 Å². The van der Waals surface area contributed by atoms with Crippen LogP contribution in [0.4, 0.5) is 0 Å². The van der Waals surface area contributed by atoms with E-state index in [0.29, 0.717) is 0 Å². The van der Waals surface area contributed by atoms with Crippen molar-refractivity contribution in [2.45, 2.75) is 79.3 Å². The molecule has 0 aliphatic rings. The molecule has 0 aliphatic heterocycles. The third-order valence-corrected chi connectivity index (χ3v) is 4.03. The third-order valence-electron chi connectivity index (χ3n) is 4.03. The fraction of sp³-hybridized carbons (Fsp3) is 0.933. The summed E-state index contributed by atoms with van der Waals surface area (Å²) in [5, 5.41) is 0. The highest BCUT2D eigenvalue weighted by atomic mass is 16.2. The largest absolute Gasteiger partial charge is 0.340 e. The summed E-state index contributed by atoms with van der Waals surface area (Å²) in [6, 6.07) is 0.232. The van der Waals surface area contributed by atoms with Gasteiger partial charge in [0.2, 0.25) is 5.91 Å². The van der Waals surface area contributed by atoms with Crippen LogP contribution in [0.1, 0.15) is 67.7 Å². The normalized spacial score (nSPS) is 12.9. The zero-order chi connectivity index (χ0) is 14.6. The molecule has 0 saturated heterocycles. The Morgan fingerprint density at radius 3 is 2.00 bits per heavy atom. The number of nitrogens with two attached hydrogens (primary N) is 1. The van der Waals surface area contributed by atoms with E-state index in [1.807, 2.05) is 32.6 Å². The summed E-state index contributed by atoms with van der Waals surface area (Å²) in [6.07, 6.45) is 3.41. The summed E-state index contributed by atoms with van der Waals surface area (Å²) in [5.41, 5.74) is 5.11. The van der Waals surface area contributed by atoms with E-state index in [2.05, 4.69) is 20.8 Å². The zero-order valence-corrected chi connectivity index (χ0v) is 13.3. The Bertz CT molecular complexity index is 264. The number of hydrogen-bond acceptors (Lipinski definition) is 2. The number of carbonyl (C=O) groups excluding carboxylic acids is 1. The fourth-order valence-electron chi connectivity index (χ4n) is 1.76. The highest BCUT2D eigenvalue weighted by Gasteiger charge is 2.43. The standard InChI is InChI=1S/C15H32N2O/c1-8-9-10-11-17(12(2)3)13(18)14(4,5)15(6,7)16/h12H,8-11,16H2,1-7H3. The van der Waals surface area contributed by atoms with E-state index >= 15 is 0 Å². The molecule has 0 unspecified atom stereocenters. The van der Waals surface area contributed by atoms with Crippen LogP contribution in [0.2, 0.25) is 0 Å². The average molecular weight is 256 g/mol. The predicted molar refractivity (Wildman–Crippen MR) is 78.4 cm³/mol. The maximum atomic E-state index is 12.7. The first-order chi connectivity index (χ1) is 8.05. The molecule has 1 amide bonds. The highest BCUT2D eigenvalue weighted by molar-refractivity contribution is 5.83. The minimum Gasteiger partial charge on any atom is -0.340 e. The maximum Gasteiger partial charge on any atom is 0.230 e. The van der Waals surface area contributed by atoms with Gasteiger partial charge in [0.15, 0.2) is 0 Å². The van der Waals surface area contributed by atoms with Gasteiger partial charge in [-0.25, -0.2) is 0 Å². The lowest BCUT2D eigenvalue weighted by Crippen LogP contribution is -2.57. The van der Waals surface area contributed by atoms with Crippen molar-refractivity contribution in [3.8, 4) is 0 Å². The SMILES string of the molecule is CCCCCN(C(=O)C(C)(C)C(C)(C)N)C(C)C. The monoisotopic (exact) mass is 256 g/mol. The van der Waals surface area contributed by atoms with Crippen molar-refractivity contribution in [1.82, 2.24) is 4.90 Å². The molecule has 0 spiro atoms. The molecule has 0 fully saturated rings. The fourth-order valence-corrected chi connectivity index (χ4v) is 1.76. The molecule has 0 aliphatic carbocycles. The number of nitrogens with zero attached hydrogens (tertiary/aromatic N) is 1. The molecule has 0 aromatic heterocycles. The molecule has 0 rings (SSSR count). The van der Waals surface area contributed by atoms with Crippen molar-refractivity contribution in [2.75, 3.05) is 6.54 Å². The van der Waals surface area contributed by atoms with E-state index in [1.54, 1.807) is 0 Å². The molecule has 108 valence electrons. The molecule has 0 bridgehead atoms. The molecule has 0 aromatic rings. The average Bonchev–Trinajstić information content (AvgIpc) is 2.21. The van der Waals surface area contributed by atoms with Gasteiger partial charge in [0.25, 0.3) is 0 Å². The number of carbonyl (C=O) groups is 1. The molecular formula is C15H32N2O. The second-order valence-corrected chi connectivity index (χ2v) is 6.65. The van der Waals surface area contributed by atoms with Crippen LogP contribution >= 0.6 is 0 Å². The second-order valence-electron chi connectivity index (χ2n) is 6.65. The van der Waals surface area contributed by atoms with Crippen LogP contribution in [0, 0.1) is 5.41 Å². The molecule has 0 heterocycles. The topological polar surface area (TPSA) is 46.3 Å². The summed E-state index contributed by atoms with van der Waals surface area (Å²) < 4.78 is 0. The summed E-state index contributed by atoms with van der Waals surface area (Å²) in [4.78, 5) is 14.7. The molecular weight excluding hydrogens is 224 g/mol. The quantitative estimate of drug-likeness (QED) is 0.711. The van der Waals surface area contributed by atoms with E-state index in [-0.39, 0.29) is 11.9 Å². The van der Waals surface area contributed by atoms with Gasteiger partial charge >= 0.3 is 0 Å². The molecule has 0 radical (unpaired) electrons. The molecule has 2 N–H and O–H groups in total. The molecule has 3 heteroatoms. The van der Waals surface area contributed by atoms with Crippen molar-refractivity contribution in [3.63, 3.8) is 0 Å². The summed E-state index contributed by atoms with van der Waals surface area (Å²) >= 11 is 0. The lowest BCUT2D eigenvalue weighted by molar-refractivity contribution is -0.145. The number of unbranched alkanes of at least 4 members (excludes halogenated alkanes) is 2. The zero-order valence-electron chi connectivity index (χ0n) is 13.3. The Morgan fingerprint density at radius 2 is 1.67 bits per heavy atom. The number of rotatable bonds is 7. The second kappa shape index (κ2) is 6.55. The van der Waals surface area contributed by atoms with Gasteiger partial charge in [0, 0.05) is 18.1 Å². The number of amides is 1. The third kappa shape index (κ3) is 4.27. The molecule has 3 nitrogen and oxygen atoms in total. The van der Waals surface area contributed by atoms with Gasteiger partial charge < -0.3 is 10.6 Å². The molecule has 18 heavy (non-hydrogen) atoms. The molecule has 0 saturated carbocycles. The molecule has 0 atom stereocenters. The van der Waals surface area contributed by atoms with Crippen LogP contribution in [0.3, 0.4) is 0 Å². The first kappa shape index (κ1) is 17.4. The Morgan fingerprint density at radius 1 is 1.17 bits per heavy atom. The first-order valence-electron chi connectivity index (χ1n) is 7.15.